The predicted octanol–water partition coefficient (Wildman–Crippen LogP) is -0.421. The molecule has 2 saturated heterocycles. The Balaban J connectivity index is 2.05. The van der Waals surface area contributed by atoms with Gasteiger partial charge < -0.3 is 15.3 Å². The van der Waals surface area contributed by atoms with Crippen LogP contribution < -0.4 is 5.32 Å². The second-order valence-corrected chi connectivity index (χ2v) is 4.17. The van der Waals surface area contributed by atoms with Crippen molar-refractivity contribution in [3.63, 3.8) is 0 Å². The zero-order valence-electron chi connectivity index (χ0n) is 8.41. The van der Waals surface area contributed by atoms with Gasteiger partial charge in [-0.3, -0.25) is 4.79 Å². The molecule has 0 aliphatic carbocycles. The van der Waals surface area contributed by atoms with Crippen molar-refractivity contribution in [1.29, 1.82) is 0 Å². The van der Waals surface area contributed by atoms with Crippen molar-refractivity contribution in [2.45, 2.75) is 25.3 Å². The average molecular weight is 198 g/mol. The number of carbonyl (C=O) groups is 1. The largest absolute Gasteiger partial charge is 0.395 e. The van der Waals surface area contributed by atoms with E-state index in [1.807, 2.05) is 4.90 Å². The van der Waals surface area contributed by atoms with Gasteiger partial charge in [-0.2, -0.15) is 0 Å². The first-order valence-electron chi connectivity index (χ1n) is 5.44. The summed E-state index contributed by atoms with van der Waals surface area (Å²) in [6, 6.07) is 0.379. The van der Waals surface area contributed by atoms with E-state index in [2.05, 4.69) is 5.32 Å². The fourth-order valence-corrected chi connectivity index (χ4v) is 2.65. The maximum absolute atomic E-state index is 11.6. The van der Waals surface area contributed by atoms with Crippen LogP contribution >= 0.6 is 0 Å². The molecule has 1 amide bonds. The molecule has 0 spiro atoms. The predicted molar refractivity (Wildman–Crippen MR) is 52.8 cm³/mol. The number of aliphatic hydroxyl groups excluding tert-OH is 1. The minimum Gasteiger partial charge on any atom is -0.395 e. The number of fused-ring (bicyclic) bond motifs is 1. The summed E-state index contributed by atoms with van der Waals surface area (Å²) in [5.74, 6) is 0.829. The number of nitrogens with one attached hydrogen (secondary N) is 1. The Kier molecular flexibility index (Phi) is 3.03. The summed E-state index contributed by atoms with van der Waals surface area (Å²) in [7, 11) is 0. The molecule has 2 aliphatic rings. The molecule has 0 aromatic heterocycles. The van der Waals surface area contributed by atoms with Crippen molar-refractivity contribution < 1.29 is 9.90 Å². The van der Waals surface area contributed by atoms with Crippen LogP contribution in [0.15, 0.2) is 0 Å². The average Bonchev–Trinajstić information content (AvgIpc) is 2.23. The molecule has 2 atom stereocenters. The number of carbonyl (C=O) groups excluding carboxylic acids is 1. The van der Waals surface area contributed by atoms with E-state index < -0.39 is 0 Å². The van der Waals surface area contributed by atoms with Crippen LogP contribution in [0.4, 0.5) is 0 Å². The zero-order valence-corrected chi connectivity index (χ0v) is 8.41. The third-order valence-electron chi connectivity index (χ3n) is 3.36. The number of piperidine rings is 2. The summed E-state index contributed by atoms with van der Waals surface area (Å²) < 4.78 is 0. The highest BCUT2D eigenvalue weighted by Crippen LogP contribution is 2.27. The van der Waals surface area contributed by atoms with Crippen LogP contribution in [0, 0.1) is 5.92 Å². The standard InChI is InChI=1S/C10H18N2O2/c13-6-5-12-9-3-4-11-7-8(9)1-2-10(12)14/h8-9,11,13H,1-7H2. The number of hydrogen-bond donors (Lipinski definition) is 2. The maximum atomic E-state index is 11.6. The fraction of sp³-hybridized carbons (Fsp3) is 0.900. The molecule has 4 heteroatoms. The van der Waals surface area contributed by atoms with Gasteiger partial charge in [0.2, 0.25) is 5.91 Å². The molecule has 0 bridgehead atoms. The van der Waals surface area contributed by atoms with Crippen LogP contribution in [-0.2, 0) is 4.79 Å². The summed E-state index contributed by atoms with van der Waals surface area (Å²) in [4.78, 5) is 13.5. The Labute approximate surface area is 84.3 Å². The van der Waals surface area contributed by atoms with Crippen molar-refractivity contribution in [3.05, 3.63) is 0 Å². The van der Waals surface area contributed by atoms with E-state index in [-0.39, 0.29) is 12.5 Å². The normalized spacial score (nSPS) is 32.9. The number of aliphatic hydroxyl groups is 1. The summed E-state index contributed by atoms with van der Waals surface area (Å²) >= 11 is 0. The lowest BCUT2D eigenvalue weighted by Crippen LogP contribution is -2.55. The number of β-amino-alcohol motifs (C(OH)–C–C–N with tert-alkyl or cyclic N) is 1. The molecule has 2 unspecified atom stereocenters. The minimum atomic E-state index is 0.0857. The van der Waals surface area contributed by atoms with Crippen molar-refractivity contribution in [1.82, 2.24) is 10.2 Å². The first kappa shape index (κ1) is 9.93. The smallest absolute Gasteiger partial charge is 0.222 e. The van der Waals surface area contributed by atoms with E-state index in [1.165, 1.54) is 0 Å². The van der Waals surface area contributed by atoms with Crippen LogP contribution in [0.25, 0.3) is 0 Å². The van der Waals surface area contributed by atoms with E-state index in [1.54, 1.807) is 0 Å². The Morgan fingerprint density at radius 1 is 1.50 bits per heavy atom. The SMILES string of the molecule is O=C1CCC2CNCCC2N1CCO. The Bertz CT molecular complexity index is 220. The van der Waals surface area contributed by atoms with Crippen molar-refractivity contribution in [3.8, 4) is 0 Å². The highest BCUT2D eigenvalue weighted by atomic mass is 16.3. The lowest BCUT2D eigenvalue weighted by Gasteiger charge is -2.43. The monoisotopic (exact) mass is 198 g/mol. The van der Waals surface area contributed by atoms with Gasteiger partial charge >= 0.3 is 0 Å². The molecule has 4 nitrogen and oxygen atoms in total. The van der Waals surface area contributed by atoms with Crippen LogP contribution in [0.5, 0.6) is 0 Å². The number of likely N-dealkylation sites (tertiary alicyclic amines) is 1. The molecule has 2 fully saturated rings. The second-order valence-electron chi connectivity index (χ2n) is 4.17. The van der Waals surface area contributed by atoms with Gasteiger partial charge in [0.05, 0.1) is 6.61 Å². The summed E-state index contributed by atoms with van der Waals surface area (Å²) in [6.45, 7) is 2.62. The first-order chi connectivity index (χ1) is 6.83. The Morgan fingerprint density at radius 2 is 2.36 bits per heavy atom. The molecular formula is C10H18N2O2. The second kappa shape index (κ2) is 4.28. The lowest BCUT2D eigenvalue weighted by molar-refractivity contribution is -0.140. The van der Waals surface area contributed by atoms with Gasteiger partial charge in [-0.1, -0.05) is 0 Å². The van der Waals surface area contributed by atoms with Gasteiger partial charge in [0.15, 0.2) is 0 Å². The zero-order chi connectivity index (χ0) is 9.97. The van der Waals surface area contributed by atoms with Crippen molar-refractivity contribution in [2.24, 2.45) is 5.92 Å². The summed E-state index contributed by atoms with van der Waals surface area (Å²) in [6.07, 6.45) is 2.71. The van der Waals surface area contributed by atoms with Gasteiger partial charge in [-0.05, 0) is 31.8 Å². The maximum Gasteiger partial charge on any atom is 0.222 e. The number of nitrogens with zero attached hydrogens (tertiary/aromatic N) is 1. The Morgan fingerprint density at radius 3 is 3.14 bits per heavy atom. The molecule has 0 radical (unpaired) electrons. The summed E-state index contributed by atoms with van der Waals surface area (Å²) in [5.41, 5.74) is 0. The van der Waals surface area contributed by atoms with Crippen LogP contribution in [0.1, 0.15) is 19.3 Å². The first-order valence-corrected chi connectivity index (χ1v) is 5.44. The molecule has 0 aromatic rings. The molecule has 0 aromatic carbocycles. The van der Waals surface area contributed by atoms with Crippen LogP contribution in [0.2, 0.25) is 0 Å². The van der Waals surface area contributed by atoms with E-state index in [0.29, 0.717) is 24.9 Å². The third-order valence-corrected chi connectivity index (χ3v) is 3.36. The number of amides is 1. The molecule has 80 valence electrons. The molecule has 14 heavy (non-hydrogen) atoms. The highest BCUT2D eigenvalue weighted by Gasteiger charge is 2.36. The molecule has 2 N–H and O–H groups in total. The van der Waals surface area contributed by atoms with Crippen molar-refractivity contribution >= 4 is 5.91 Å². The van der Waals surface area contributed by atoms with Crippen LogP contribution in [0.3, 0.4) is 0 Å². The van der Waals surface area contributed by atoms with Crippen LogP contribution in [-0.4, -0.2) is 48.2 Å². The number of rotatable bonds is 2. The van der Waals surface area contributed by atoms with E-state index >= 15 is 0 Å². The molecule has 2 rings (SSSR count). The lowest BCUT2D eigenvalue weighted by atomic mass is 9.84. The summed E-state index contributed by atoms with van der Waals surface area (Å²) in [5, 5.41) is 12.3. The van der Waals surface area contributed by atoms with Gasteiger partial charge in [0.25, 0.3) is 0 Å². The van der Waals surface area contributed by atoms with Crippen molar-refractivity contribution in [2.75, 3.05) is 26.2 Å². The van der Waals surface area contributed by atoms with Gasteiger partial charge in [0.1, 0.15) is 0 Å². The molecule has 2 heterocycles. The van der Waals surface area contributed by atoms with E-state index in [9.17, 15) is 4.79 Å². The third kappa shape index (κ3) is 1.77. The van der Waals surface area contributed by atoms with Gasteiger partial charge in [0, 0.05) is 19.0 Å². The van der Waals surface area contributed by atoms with E-state index in [4.69, 9.17) is 5.11 Å². The van der Waals surface area contributed by atoms with Gasteiger partial charge in [-0.15, -0.1) is 0 Å². The van der Waals surface area contributed by atoms with Gasteiger partial charge in [-0.25, -0.2) is 0 Å². The quantitative estimate of drug-likeness (QED) is 0.633. The topological polar surface area (TPSA) is 52.6 Å². The number of hydrogen-bond acceptors (Lipinski definition) is 3. The molecule has 0 saturated carbocycles. The minimum absolute atomic E-state index is 0.0857. The van der Waals surface area contributed by atoms with E-state index in [0.717, 1.165) is 25.9 Å². The molecular weight excluding hydrogens is 180 g/mol. The fourth-order valence-electron chi connectivity index (χ4n) is 2.65. The molecule has 2 aliphatic heterocycles. The highest BCUT2D eigenvalue weighted by molar-refractivity contribution is 5.77. The Hall–Kier alpha value is -0.610.